The monoisotopic (exact) mass is 434 g/mol. The second kappa shape index (κ2) is 8.46. The van der Waals surface area contributed by atoms with E-state index in [2.05, 4.69) is 0 Å². The zero-order valence-electron chi connectivity index (χ0n) is 17.2. The summed E-state index contributed by atoms with van der Waals surface area (Å²) in [6.07, 6.45) is -3.63. The summed E-state index contributed by atoms with van der Waals surface area (Å²) in [5.74, 6) is -0.000683. The second-order valence-corrected chi connectivity index (χ2v) is 8.52. The van der Waals surface area contributed by atoms with Crippen LogP contribution in [0.2, 0.25) is 5.02 Å². The lowest BCUT2D eigenvalue weighted by Crippen LogP contribution is -2.37. The minimum atomic E-state index is -1.04. The maximum Gasteiger partial charge on any atom is 0.190 e. The van der Waals surface area contributed by atoms with E-state index in [1.807, 2.05) is 37.3 Å². The molecular formula is C23H27ClO6. The lowest BCUT2D eigenvalue weighted by Gasteiger charge is -2.26. The molecule has 0 spiro atoms. The molecule has 0 bridgehead atoms. The van der Waals surface area contributed by atoms with E-state index in [9.17, 15) is 10.2 Å². The molecule has 4 rings (SSSR count). The maximum atomic E-state index is 10.9. The zero-order chi connectivity index (χ0) is 21.5. The Balaban J connectivity index is 1.49. The Kier molecular flexibility index (Phi) is 6.08. The molecule has 2 aromatic carbocycles. The van der Waals surface area contributed by atoms with Crippen molar-refractivity contribution in [1.29, 1.82) is 0 Å². The van der Waals surface area contributed by atoms with Crippen LogP contribution in [-0.4, -0.2) is 47.2 Å². The summed E-state index contributed by atoms with van der Waals surface area (Å²) in [5.41, 5.74) is 2.56. The molecule has 1 unspecified atom stereocenters. The van der Waals surface area contributed by atoms with Gasteiger partial charge in [-0.3, -0.25) is 0 Å². The summed E-state index contributed by atoms with van der Waals surface area (Å²) < 4.78 is 22.6. The van der Waals surface area contributed by atoms with Gasteiger partial charge in [-0.1, -0.05) is 35.9 Å². The standard InChI is InChI=1S/C23H27ClO6/c1-4-27-16-8-5-13(6-9-16)11-15-12-14(7-10-17(15)24)18(25)20-19(26)21-22(28-20)30-23(2,3)29-21/h5-10,12,18-22,25-26H,4,11H2,1-3H3/t18-,19+,20?,21-,22-/m0/s1. The highest BCUT2D eigenvalue weighted by molar-refractivity contribution is 6.31. The second-order valence-electron chi connectivity index (χ2n) is 8.11. The number of aliphatic hydroxyl groups is 2. The number of halogens is 1. The maximum absolute atomic E-state index is 10.9. The topological polar surface area (TPSA) is 77.4 Å². The number of aliphatic hydroxyl groups excluding tert-OH is 2. The van der Waals surface area contributed by atoms with Gasteiger partial charge < -0.3 is 29.2 Å². The van der Waals surface area contributed by atoms with Crippen LogP contribution in [0.4, 0.5) is 0 Å². The molecule has 2 heterocycles. The fraction of sp³-hybridized carbons (Fsp3) is 0.478. The quantitative estimate of drug-likeness (QED) is 0.723. The zero-order valence-corrected chi connectivity index (χ0v) is 18.0. The Morgan fingerprint density at radius 2 is 1.87 bits per heavy atom. The van der Waals surface area contributed by atoms with Gasteiger partial charge >= 0.3 is 0 Å². The average molecular weight is 435 g/mol. The van der Waals surface area contributed by atoms with Crippen LogP contribution in [0.5, 0.6) is 5.75 Å². The Morgan fingerprint density at radius 3 is 2.53 bits per heavy atom. The van der Waals surface area contributed by atoms with E-state index in [0.717, 1.165) is 16.9 Å². The fourth-order valence-electron chi connectivity index (χ4n) is 3.97. The van der Waals surface area contributed by atoms with Crippen LogP contribution in [0, 0.1) is 0 Å². The van der Waals surface area contributed by atoms with Crippen LogP contribution in [0.15, 0.2) is 42.5 Å². The molecular weight excluding hydrogens is 408 g/mol. The Morgan fingerprint density at radius 1 is 1.13 bits per heavy atom. The Hall–Kier alpha value is -1.67. The molecule has 2 aliphatic heterocycles. The lowest BCUT2D eigenvalue weighted by molar-refractivity contribution is -0.226. The van der Waals surface area contributed by atoms with Crippen LogP contribution in [0.3, 0.4) is 0 Å². The first-order chi connectivity index (χ1) is 14.3. The van der Waals surface area contributed by atoms with Crippen molar-refractivity contribution in [3.8, 4) is 5.75 Å². The van der Waals surface area contributed by atoms with Gasteiger partial charge in [-0.15, -0.1) is 0 Å². The van der Waals surface area contributed by atoms with E-state index < -0.39 is 36.5 Å². The van der Waals surface area contributed by atoms with Crippen molar-refractivity contribution >= 4 is 11.6 Å². The molecule has 6 nitrogen and oxygen atoms in total. The number of benzene rings is 2. The van der Waals surface area contributed by atoms with Crippen molar-refractivity contribution < 1.29 is 29.2 Å². The van der Waals surface area contributed by atoms with Crippen molar-refractivity contribution in [3.05, 3.63) is 64.2 Å². The van der Waals surface area contributed by atoms with Gasteiger partial charge in [-0.25, -0.2) is 0 Å². The van der Waals surface area contributed by atoms with Crippen molar-refractivity contribution in [3.63, 3.8) is 0 Å². The van der Waals surface area contributed by atoms with Crippen LogP contribution in [0.25, 0.3) is 0 Å². The summed E-state index contributed by atoms with van der Waals surface area (Å²) in [4.78, 5) is 0. The average Bonchev–Trinajstić information content (AvgIpc) is 3.17. The van der Waals surface area contributed by atoms with E-state index in [1.165, 1.54) is 0 Å². The van der Waals surface area contributed by atoms with Crippen LogP contribution in [0.1, 0.15) is 43.6 Å². The molecule has 0 saturated carbocycles. The molecule has 2 fully saturated rings. The SMILES string of the molecule is CCOc1ccc(Cc2cc([C@H](O)C3O[C@H]4OC(C)(C)O[C@H]4[C@@H]3O)ccc2Cl)cc1. The molecule has 7 heteroatoms. The smallest absolute Gasteiger partial charge is 0.190 e. The number of rotatable bonds is 6. The third kappa shape index (κ3) is 4.35. The van der Waals surface area contributed by atoms with Gasteiger partial charge in [0, 0.05) is 5.02 Å². The van der Waals surface area contributed by atoms with Gasteiger partial charge in [0.15, 0.2) is 12.1 Å². The van der Waals surface area contributed by atoms with Gasteiger partial charge in [-0.2, -0.15) is 0 Å². The van der Waals surface area contributed by atoms with E-state index in [0.29, 0.717) is 23.6 Å². The molecule has 5 atom stereocenters. The number of hydrogen-bond donors (Lipinski definition) is 2. The first-order valence-corrected chi connectivity index (χ1v) is 10.5. The van der Waals surface area contributed by atoms with E-state index in [4.69, 9.17) is 30.5 Å². The third-order valence-electron chi connectivity index (χ3n) is 5.40. The summed E-state index contributed by atoms with van der Waals surface area (Å²) in [6, 6.07) is 13.2. The van der Waals surface area contributed by atoms with Gasteiger partial charge in [0.25, 0.3) is 0 Å². The van der Waals surface area contributed by atoms with Gasteiger partial charge in [0.2, 0.25) is 0 Å². The van der Waals surface area contributed by atoms with Gasteiger partial charge in [0.1, 0.15) is 30.2 Å². The number of ether oxygens (including phenoxy) is 4. The van der Waals surface area contributed by atoms with Crippen LogP contribution < -0.4 is 4.74 Å². The predicted molar refractivity (Wildman–Crippen MR) is 112 cm³/mol. The Labute approximate surface area is 181 Å². The molecule has 2 aromatic rings. The molecule has 0 radical (unpaired) electrons. The summed E-state index contributed by atoms with van der Waals surface area (Å²) >= 11 is 6.40. The fourth-order valence-corrected chi connectivity index (χ4v) is 4.16. The van der Waals surface area contributed by atoms with Gasteiger partial charge in [0.05, 0.1) is 6.61 Å². The highest BCUT2D eigenvalue weighted by Crippen LogP contribution is 2.41. The number of fused-ring (bicyclic) bond motifs is 1. The highest BCUT2D eigenvalue weighted by atomic mass is 35.5. The Bertz CT molecular complexity index is 884. The lowest BCUT2D eigenvalue weighted by atomic mass is 9.96. The summed E-state index contributed by atoms with van der Waals surface area (Å²) in [5, 5.41) is 22.1. The van der Waals surface area contributed by atoms with Crippen molar-refractivity contribution in [2.24, 2.45) is 0 Å². The molecule has 0 aliphatic carbocycles. The predicted octanol–water partition coefficient (Wildman–Crippen LogP) is 3.60. The third-order valence-corrected chi connectivity index (χ3v) is 5.77. The molecule has 0 aromatic heterocycles. The largest absolute Gasteiger partial charge is 0.494 e. The van der Waals surface area contributed by atoms with Crippen molar-refractivity contribution in [2.45, 2.75) is 63.7 Å². The van der Waals surface area contributed by atoms with E-state index >= 15 is 0 Å². The van der Waals surface area contributed by atoms with E-state index in [1.54, 1.807) is 26.0 Å². The molecule has 2 N–H and O–H groups in total. The van der Waals surface area contributed by atoms with E-state index in [-0.39, 0.29) is 0 Å². The highest BCUT2D eigenvalue weighted by Gasteiger charge is 2.56. The molecule has 2 saturated heterocycles. The normalized spacial score (nSPS) is 28.3. The van der Waals surface area contributed by atoms with Gasteiger partial charge in [-0.05, 0) is 62.1 Å². The van der Waals surface area contributed by atoms with Crippen LogP contribution >= 0.6 is 11.6 Å². The first-order valence-electron chi connectivity index (χ1n) is 10.1. The molecule has 30 heavy (non-hydrogen) atoms. The van der Waals surface area contributed by atoms with Crippen LogP contribution in [-0.2, 0) is 20.6 Å². The summed E-state index contributed by atoms with van der Waals surface area (Å²) in [6.45, 7) is 6.09. The molecule has 0 amide bonds. The number of hydrogen-bond acceptors (Lipinski definition) is 6. The molecule has 2 aliphatic rings. The summed E-state index contributed by atoms with van der Waals surface area (Å²) in [7, 11) is 0. The minimum absolute atomic E-state index is 0.603. The van der Waals surface area contributed by atoms with Crippen molar-refractivity contribution in [1.82, 2.24) is 0 Å². The van der Waals surface area contributed by atoms with Crippen molar-refractivity contribution in [2.75, 3.05) is 6.61 Å². The molecule has 162 valence electrons. The minimum Gasteiger partial charge on any atom is -0.494 e. The first kappa shape index (κ1) is 21.6.